The van der Waals surface area contributed by atoms with Crippen LogP contribution in [0.15, 0.2) is 24.4 Å². The van der Waals surface area contributed by atoms with Crippen molar-refractivity contribution in [3.8, 4) is 0 Å². The quantitative estimate of drug-likeness (QED) is 0.689. The molecule has 29 heavy (non-hydrogen) atoms. The van der Waals surface area contributed by atoms with Gasteiger partial charge in [0.1, 0.15) is 11.4 Å². The normalized spacial score (nSPS) is 16.5. The van der Waals surface area contributed by atoms with E-state index in [2.05, 4.69) is 15.4 Å². The summed E-state index contributed by atoms with van der Waals surface area (Å²) in [5, 5.41) is 7.66. The largest absolute Gasteiger partial charge is 0.376 e. The zero-order valence-corrected chi connectivity index (χ0v) is 17.1. The highest BCUT2D eigenvalue weighted by molar-refractivity contribution is 6.31. The molecular formula is C21H22ClFN4O2. The number of benzene rings is 1. The predicted octanol–water partition coefficient (Wildman–Crippen LogP) is 3.64. The molecular weight excluding hydrogens is 395 g/mol. The molecule has 0 radical (unpaired) electrons. The summed E-state index contributed by atoms with van der Waals surface area (Å²) >= 11 is 6.19. The maximum atomic E-state index is 13.3. The first kappa shape index (κ1) is 19.8. The fourth-order valence-corrected chi connectivity index (χ4v) is 3.92. The minimum absolute atomic E-state index is 0.0734. The molecule has 152 valence electrons. The van der Waals surface area contributed by atoms with Gasteiger partial charge in [-0.2, -0.15) is 5.10 Å². The summed E-state index contributed by atoms with van der Waals surface area (Å²) in [7, 11) is 0. The SMILES string of the molecule is Cc1nc2c(C(=O)NC[C@H]3CCCO3)cnn2c(C)c1Cc1ccc(F)cc1Cl. The van der Waals surface area contributed by atoms with Crippen molar-refractivity contribution in [2.75, 3.05) is 13.2 Å². The second-order valence-electron chi connectivity index (χ2n) is 7.31. The van der Waals surface area contributed by atoms with E-state index < -0.39 is 0 Å². The van der Waals surface area contributed by atoms with E-state index in [1.54, 1.807) is 10.6 Å². The number of rotatable bonds is 5. The number of ether oxygens (including phenoxy) is 1. The lowest BCUT2D eigenvalue weighted by Crippen LogP contribution is -2.31. The number of hydrogen-bond donors (Lipinski definition) is 1. The number of amides is 1. The summed E-state index contributed by atoms with van der Waals surface area (Å²) in [6, 6.07) is 4.37. The fourth-order valence-electron chi connectivity index (χ4n) is 3.69. The molecule has 3 heterocycles. The first-order valence-corrected chi connectivity index (χ1v) is 9.99. The van der Waals surface area contributed by atoms with Crippen molar-refractivity contribution in [3.63, 3.8) is 0 Å². The molecule has 1 N–H and O–H groups in total. The Morgan fingerprint density at radius 2 is 2.24 bits per heavy atom. The van der Waals surface area contributed by atoms with E-state index in [9.17, 15) is 9.18 Å². The van der Waals surface area contributed by atoms with Crippen molar-refractivity contribution in [3.05, 3.63) is 63.3 Å². The highest BCUT2D eigenvalue weighted by Crippen LogP contribution is 2.25. The number of aromatic nitrogens is 3. The van der Waals surface area contributed by atoms with Crippen molar-refractivity contribution < 1.29 is 13.9 Å². The summed E-state index contributed by atoms with van der Waals surface area (Å²) in [4.78, 5) is 17.3. The Bertz CT molecular complexity index is 1080. The summed E-state index contributed by atoms with van der Waals surface area (Å²) in [6.45, 7) is 5.05. The molecule has 8 heteroatoms. The van der Waals surface area contributed by atoms with Crippen LogP contribution >= 0.6 is 11.6 Å². The molecule has 0 unspecified atom stereocenters. The van der Waals surface area contributed by atoms with E-state index in [0.717, 1.165) is 42.0 Å². The van der Waals surface area contributed by atoms with Gasteiger partial charge in [-0.1, -0.05) is 17.7 Å². The van der Waals surface area contributed by atoms with Crippen LogP contribution in [-0.4, -0.2) is 39.8 Å². The van der Waals surface area contributed by atoms with Gasteiger partial charge in [-0.25, -0.2) is 13.9 Å². The highest BCUT2D eigenvalue weighted by Gasteiger charge is 2.21. The lowest BCUT2D eigenvalue weighted by molar-refractivity contribution is 0.0859. The zero-order chi connectivity index (χ0) is 20.5. The maximum absolute atomic E-state index is 13.3. The topological polar surface area (TPSA) is 68.5 Å². The van der Waals surface area contributed by atoms with Crippen LogP contribution in [0.25, 0.3) is 5.65 Å². The van der Waals surface area contributed by atoms with Gasteiger partial charge in [-0.05, 0) is 49.9 Å². The Morgan fingerprint density at radius 3 is 2.97 bits per heavy atom. The maximum Gasteiger partial charge on any atom is 0.256 e. The van der Waals surface area contributed by atoms with Gasteiger partial charge in [-0.15, -0.1) is 0 Å². The van der Waals surface area contributed by atoms with Gasteiger partial charge in [0.2, 0.25) is 0 Å². The second kappa shape index (κ2) is 8.08. The van der Waals surface area contributed by atoms with E-state index >= 15 is 0 Å². The van der Waals surface area contributed by atoms with Gasteiger partial charge in [-0.3, -0.25) is 4.79 Å². The van der Waals surface area contributed by atoms with Gasteiger partial charge < -0.3 is 10.1 Å². The van der Waals surface area contributed by atoms with Gasteiger partial charge >= 0.3 is 0 Å². The Hall–Kier alpha value is -2.51. The molecule has 6 nitrogen and oxygen atoms in total. The molecule has 0 saturated carbocycles. The molecule has 1 amide bonds. The minimum atomic E-state index is -0.369. The van der Waals surface area contributed by atoms with Crippen molar-refractivity contribution >= 4 is 23.2 Å². The Balaban J connectivity index is 1.61. The molecule has 0 bridgehead atoms. The first-order chi connectivity index (χ1) is 13.9. The predicted molar refractivity (Wildman–Crippen MR) is 108 cm³/mol. The molecule has 1 aliphatic heterocycles. The van der Waals surface area contributed by atoms with Gasteiger partial charge in [0.15, 0.2) is 5.65 Å². The number of hydrogen-bond acceptors (Lipinski definition) is 4. The van der Waals surface area contributed by atoms with E-state index in [0.29, 0.717) is 29.2 Å². The van der Waals surface area contributed by atoms with Crippen molar-refractivity contribution in [2.45, 2.75) is 39.2 Å². The lowest BCUT2D eigenvalue weighted by atomic mass is 10.0. The highest BCUT2D eigenvalue weighted by atomic mass is 35.5. The molecule has 1 atom stereocenters. The van der Waals surface area contributed by atoms with Crippen LogP contribution in [0.4, 0.5) is 4.39 Å². The van der Waals surface area contributed by atoms with E-state index in [-0.39, 0.29) is 17.8 Å². The second-order valence-corrected chi connectivity index (χ2v) is 7.72. The van der Waals surface area contributed by atoms with Gasteiger partial charge in [0, 0.05) is 36.0 Å². The molecule has 1 fully saturated rings. The molecule has 1 aromatic carbocycles. The number of nitrogens with one attached hydrogen (secondary N) is 1. The molecule has 2 aromatic heterocycles. The summed E-state index contributed by atoms with van der Waals surface area (Å²) in [6.07, 6.45) is 4.09. The Morgan fingerprint density at radius 1 is 1.41 bits per heavy atom. The van der Waals surface area contributed by atoms with E-state index in [4.69, 9.17) is 16.3 Å². The lowest BCUT2D eigenvalue weighted by Gasteiger charge is -2.13. The van der Waals surface area contributed by atoms with Crippen molar-refractivity contribution in [2.24, 2.45) is 0 Å². The van der Waals surface area contributed by atoms with Crippen LogP contribution in [-0.2, 0) is 11.2 Å². The van der Waals surface area contributed by atoms with E-state index in [1.807, 2.05) is 13.8 Å². The van der Waals surface area contributed by atoms with Crippen LogP contribution < -0.4 is 5.32 Å². The minimum Gasteiger partial charge on any atom is -0.376 e. The monoisotopic (exact) mass is 416 g/mol. The molecule has 4 rings (SSSR count). The van der Waals surface area contributed by atoms with Crippen LogP contribution in [0.3, 0.4) is 0 Å². The standard InChI is InChI=1S/C21H22ClFN4O2/c1-12-17(8-14-5-6-15(23)9-19(14)22)13(2)27-20(26-12)18(11-25-27)21(28)24-10-16-4-3-7-29-16/h5-6,9,11,16H,3-4,7-8,10H2,1-2H3,(H,24,28)/t16-/m1/s1. The smallest absolute Gasteiger partial charge is 0.256 e. The average Bonchev–Trinajstić information content (AvgIpc) is 3.34. The fraction of sp³-hybridized carbons (Fsp3) is 0.381. The summed E-state index contributed by atoms with van der Waals surface area (Å²) in [5.74, 6) is -0.581. The molecule has 0 spiro atoms. The number of aryl methyl sites for hydroxylation is 2. The van der Waals surface area contributed by atoms with Crippen LogP contribution in [0, 0.1) is 19.7 Å². The van der Waals surface area contributed by atoms with Gasteiger partial charge in [0.25, 0.3) is 5.91 Å². The van der Waals surface area contributed by atoms with E-state index in [1.165, 1.54) is 18.3 Å². The number of halogens is 2. The molecule has 1 aliphatic rings. The number of fused-ring (bicyclic) bond motifs is 1. The molecule has 1 saturated heterocycles. The zero-order valence-electron chi connectivity index (χ0n) is 16.3. The number of carbonyl (C=O) groups excluding carboxylic acids is 1. The van der Waals surface area contributed by atoms with Crippen LogP contribution in [0.5, 0.6) is 0 Å². The van der Waals surface area contributed by atoms with Crippen LogP contribution in [0.2, 0.25) is 5.02 Å². The Kier molecular flexibility index (Phi) is 5.52. The number of carbonyl (C=O) groups is 1. The summed E-state index contributed by atoms with van der Waals surface area (Å²) < 4.78 is 20.6. The Labute approximate surface area is 173 Å². The third-order valence-corrected chi connectivity index (χ3v) is 5.70. The average molecular weight is 417 g/mol. The van der Waals surface area contributed by atoms with Gasteiger partial charge in [0.05, 0.1) is 12.3 Å². The third kappa shape index (κ3) is 3.97. The number of nitrogens with zero attached hydrogens (tertiary/aromatic N) is 3. The first-order valence-electron chi connectivity index (χ1n) is 9.61. The third-order valence-electron chi connectivity index (χ3n) is 5.35. The van der Waals surface area contributed by atoms with Crippen molar-refractivity contribution in [1.82, 2.24) is 19.9 Å². The van der Waals surface area contributed by atoms with Crippen molar-refractivity contribution in [1.29, 1.82) is 0 Å². The molecule has 3 aromatic rings. The van der Waals surface area contributed by atoms with Crippen LogP contribution in [0.1, 0.15) is 45.7 Å². The summed E-state index contributed by atoms with van der Waals surface area (Å²) in [5.41, 5.74) is 4.34. The molecule has 0 aliphatic carbocycles.